The second-order valence-electron chi connectivity index (χ2n) is 4.94. The molecule has 5 heteroatoms. The van der Waals surface area contributed by atoms with Crippen molar-refractivity contribution in [3.8, 4) is 5.75 Å². The Labute approximate surface area is 128 Å². The van der Waals surface area contributed by atoms with Crippen molar-refractivity contribution in [1.82, 2.24) is 9.97 Å². The van der Waals surface area contributed by atoms with Crippen LogP contribution in [-0.2, 0) is 0 Å². The molecule has 0 aliphatic heterocycles. The van der Waals surface area contributed by atoms with Crippen molar-refractivity contribution < 1.29 is 9.13 Å². The molecule has 0 fully saturated rings. The predicted molar refractivity (Wildman–Crippen MR) is 84.7 cm³/mol. The topological polar surface area (TPSA) is 47.0 Å². The van der Waals surface area contributed by atoms with E-state index >= 15 is 0 Å². The fourth-order valence-electron chi connectivity index (χ4n) is 2.17. The molecule has 0 spiro atoms. The molecule has 4 nitrogen and oxygen atoms in total. The molecule has 0 unspecified atom stereocenters. The van der Waals surface area contributed by atoms with Gasteiger partial charge in [0.25, 0.3) is 0 Å². The van der Waals surface area contributed by atoms with Crippen LogP contribution in [0.3, 0.4) is 0 Å². The Morgan fingerprint density at radius 2 is 1.91 bits per heavy atom. The number of benzene rings is 2. The van der Waals surface area contributed by atoms with Crippen LogP contribution >= 0.6 is 0 Å². The van der Waals surface area contributed by atoms with Gasteiger partial charge in [0.1, 0.15) is 30.3 Å². The van der Waals surface area contributed by atoms with Crippen molar-refractivity contribution in [1.29, 1.82) is 0 Å². The number of ether oxygens (including phenoxy) is 1. The van der Waals surface area contributed by atoms with Gasteiger partial charge in [0.2, 0.25) is 0 Å². The van der Waals surface area contributed by atoms with Gasteiger partial charge in [0.05, 0.1) is 17.4 Å². The van der Waals surface area contributed by atoms with Crippen LogP contribution in [0.4, 0.5) is 10.2 Å². The third-order valence-corrected chi connectivity index (χ3v) is 3.30. The lowest BCUT2D eigenvalue weighted by Crippen LogP contribution is -2.13. The summed E-state index contributed by atoms with van der Waals surface area (Å²) in [5.74, 6) is 0.960. The average molecular weight is 297 g/mol. The highest BCUT2D eigenvalue weighted by Gasteiger charge is 2.07. The molecule has 0 amide bonds. The Kier molecular flexibility index (Phi) is 4.14. The molecular weight excluding hydrogens is 281 g/mol. The van der Waals surface area contributed by atoms with E-state index in [0.29, 0.717) is 29.9 Å². The van der Waals surface area contributed by atoms with Crippen molar-refractivity contribution in [2.24, 2.45) is 0 Å². The molecule has 1 aromatic heterocycles. The highest BCUT2D eigenvalue weighted by Crippen LogP contribution is 2.21. The Balaban J connectivity index is 1.63. The molecule has 0 saturated carbocycles. The molecule has 22 heavy (non-hydrogen) atoms. The maximum Gasteiger partial charge on any atom is 0.140 e. The number of hydrogen-bond donors (Lipinski definition) is 1. The van der Waals surface area contributed by atoms with Crippen LogP contribution in [0.5, 0.6) is 5.75 Å². The molecule has 0 aliphatic carbocycles. The summed E-state index contributed by atoms with van der Waals surface area (Å²) in [6.07, 6.45) is 1.42. The number of nitrogens with one attached hydrogen (secondary N) is 1. The summed E-state index contributed by atoms with van der Waals surface area (Å²) >= 11 is 0. The minimum Gasteiger partial charge on any atom is -0.492 e. The minimum atomic E-state index is -0.333. The third kappa shape index (κ3) is 3.14. The van der Waals surface area contributed by atoms with E-state index in [1.165, 1.54) is 18.0 Å². The van der Waals surface area contributed by atoms with Gasteiger partial charge in [0, 0.05) is 0 Å². The summed E-state index contributed by atoms with van der Waals surface area (Å²) in [6, 6.07) is 12.6. The van der Waals surface area contributed by atoms with Crippen molar-refractivity contribution >= 4 is 16.7 Å². The van der Waals surface area contributed by atoms with Crippen LogP contribution in [0.15, 0.2) is 48.8 Å². The average Bonchev–Trinajstić information content (AvgIpc) is 2.53. The maximum absolute atomic E-state index is 13.9. The summed E-state index contributed by atoms with van der Waals surface area (Å²) in [6.45, 7) is 3.01. The molecule has 0 atom stereocenters. The molecule has 3 aromatic rings. The molecule has 2 aromatic carbocycles. The van der Waals surface area contributed by atoms with E-state index in [1.807, 2.05) is 31.2 Å². The Bertz CT molecular complexity index is 769. The first-order valence-corrected chi connectivity index (χ1v) is 7.06. The van der Waals surface area contributed by atoms with Crippen LogP contribution < -0.4 is 10.1 Å². The number of aryl methyl sites for hydroxylation is 1. The van der Waals surface area contributed by atoms with Gasteiger partial charge < -0.3 is 10.1 Å². The highest BCUT2D eigenvalue weighted by molar-refractivity contribution is 5.89. The molecule has 112 valence electrons. The van der Waals surface area contributed by atoms with Crippen LogP contribution in [0.25, 0.3) is 10.9 Å². The Hall–Kier alpha value is -2.69. The SMILES string of the molecule is Cc1ccc(OCCNc2ncnc3cccc(F)c23)cc1. The molecule has 1 heterocycles. The van der Waals surface area contributed by atoms with Crippen LogP contribution in [0.1, 0.15) is 5.56 Å². The third-order valence-electron chi connectivity index (χ3n) is 3.30. The zero-order chi connectivity index (χ0) is 15.4. The summed E-state index contributed by atoms with van der Waals surface area (Å²) < 4.78 is 19.5. The number of hydrogen-bond acceptors (Lipinski definition) is 4. The second kappa shape index (κ2) is 6.39. The molecule has 0 radical (unpaired) electrons. The first-order valence-electron chi connectivity index (χ1n) is 7.06. The van der Waals surface area contributed by atoms with Gasteiger partial charge in [-0.15, -0.1) is 0 Å². The van der Waals surface area contributed by atoms with E-state index in [2.05, 4.69) is 15.3 Å². The summed E-state index contributed by atoms with van der Waals surface area (Å²) in [4.78, 5) is 8.17. The standard InChI is InChI=1S/C17H16FN3O/c1-12-5-7-13(8-6-12)22-10-9-19-17-16-14(18)3-2-4-15(16)20-11-21-17/h2-8,11H,9-10H2,1H3,(H,19,20,21). The lowest BCUT2D eigenvalue weighted by molar-refractivity contribution is 0.332. The smallest absolute Gasteiger partial charge is 0.140 e. The zero-order valence-electron chi connectivity index (χ0n) is 12.2. The Morgan fingerprint density at radius 1 is 1.09 bits per heavy atom. The lowest BCUT2D eigenvalue weighted by atomic mass is 10.2. The number of rotatable bonds is 5. The monoisotopic (exact) mass is 297 g/mol. The molecule has 0 bridgehead atoms. The summed E-state index contributed by atoms with van der Waals surface area (Å²) in [7, 11) is 0. The van der Waals surface area contributed by atoms with Gasteiger partial charge in [-0.05, 0) is 31.2 Å². The molecular formula is C17H16FN3O. The fraction of sp³-hybridized carbons (Fsp3) is 0.176. The van der Waals surface area contributed by atoms with Gasteiger partial charge in [-0.25, -0.2) is 14.4 Å². The van der Waals surface area contributed by atoms with Gasteiger partial charge in [-0.1, -0.05) is 23.8 Å². The van der Waals surface area contributed by atoms with Crippen LogP contribution in [0.2, 0.25) is 0 Å². The van der Waals surface area contributed by atoms with Crippen molar-refractivity contribution in [3.63, 3.8) is 0 Å². The van der Waals surface area contributed by atoms with E-state index < -0.39 is 0 Å². The Morgan fingerprint density at radius 3 is 2.73 bits per heavy atom. The van der Waals surface area contributed by atoms with Crippen LogP contribution in [-0.4, -0.2) is 23.1 Å². The summed E-state index contributed by atoms with van der Waals surface area (Å²) in [5.41, 5.74) is 1.77. The van der Waals surface area contributed by atoms with E-state index in [9.17, 15) is 4.39 Å². The second-order valence-corrected chi connectivity index (χ2v) is 4.94. The van der Waals surface area contributed by atoms with Crippen LogP contribution in [0, 0.1) is 12.7 Å². The number of halogens is 1. The van der Waals surface area contributed by atoms with Gasteiger partial charge in [-0.3, -0.25) is 0 Å². The van der Waals surface area contributed by atoms with Crippen molar-refractivity contribution in [2.45, 2.75) is 6.92 Å². The van der Waals surface area contributed by atoms with E-state index in [4.69, 9.17) is 4.74 Å². The molecule has 0 saturated heterocycles. The number of fused-ring (bicyclic) bond motifs is 1. The predicted octanol–water partition coefficient (Wildman–Crippen LogP) is 3.57. The molecule has 3 rings (SSSR count). The first kappa shape index (κ1) is 14.3. The molecule has 1 N–H and O–H groups in total. The first-order chi connectivity index (χ1) is 10.7. The van der Waals surface area contributed by atoms with Gasteiger partial charge in [0.15, 0.2) is 0 Å². The van der Waals surface area contributed by atoms with Gasteiger partial charge >= 0.3 is 0 Å². The number of aromatic nitrogens is 2. The number of anilines is 1. The maximum atomic E-state index is 13.9. The normalized spacial score (nSPS) is 10.6. The lowest BCUT2D eigenvalue weighted by Gasteiger charge is -2.10. The zero-order valence-corrected chi connectivity index (χ0v) is 12.2. The highest BCUT2D eigenvalue weighted by atomic mass is 19.1. The van der Waals surface area contributed by atoms with Crippen molar-refractivity contribution in [2.75, 3.05) is 18.5 Å². The minimum absolute atomic E-state index is 0.333. The van der Waals surface area contributed by atoms with E-state index in [1.54, 1.807) is 12.1 Å². The molecule has 0 aliphatic rings. The van der Waals surface area contributed by atoms with Crippen molar-refractivity contribution in [3.05, 3.63) is 60.2 Å². The largest absolute Gasteiger partial charge is 0.492 e. The van der Waals surface area contributed by atoms with E-state index in [-0.39, 0.29) is 5.82 Å². The number of nitrogens with zero attached hydrogens (tertiary/aromatic N) is 2. The fourth-order valence-corrected chi connectivity index (χ4v) is 2.17. The quantitative estimate of drug-likeness (QED) is 0.731. The van der Waals surface area contributed by atoms with Gasteiger partial charge in [-0.2, -0.15) is 0 Å². The summed E-state index contributed by atoms with van der Waals surface area (Å²) in [5, 5.41) is 3.50. The van der Waals surface area contributed by atoms with E-state index in [0.717, 1.165) is 5.75 Å².